The standard InChI is InChI=1S/C30H33N3O2/c34-26(23-32-19-9-3-10-20-32)16-8-11-21-35-27-17-18-28-29(22-27)33(25-14-6-2-7-15-25)30(31-28)24-12-4-1-5-13-24/h1-2,4-7,12-15,17-18,22H,3,8-11,16,19-21,23H2. The van der Waals surface area contributed by atoms with Crippen molar-refractivity contribution >= 4 is 16.8 Å². The van der Waals surface area contributed by atoms with Crippen LogP contribution in [0.5, 0.6) is 5.75 Å². The highest BCUT2D eigenvalue weighted by atomic mass is 16.5. The molecule has 0 spiro atoms. The fourth-order valence-corrected chi connectivity index (χ4v) is 4.82. The van der Waals surface area contributed by atoms with Gasteiger partial charge in [0.2, 0.25) is 0 Å². The molecule has 2 heterocycles. The summed E-state index contributed by atoms with van der Waals surface area (Å²) in [4.78, 5) is 19.5. The van der Waals surface area contributed by atoms with Gasteiger partial charge in [0.1, 0.15) is 17.4 Å². The number of likely N-dealkylation sites (tertiary alicyclic amines) is 1. The number of ketones is 1. The Morgan fingerprint density at radius 2 is 1.60 bits per heavy atom. The zero-order valence-corrected chi connectivity index (χ0v) is 20.2. The third-order valence-electron chi connectivity index (χ3n) is 6.64. The van der Waals surface area contributed by atoms with Crippen LogP contribution in [-0.4, -0.2) is 46.5 Å². The van der Waals surface area contributed by atoms with Crippen LogP contribution >= 0.6 is 0 Å². The summed E-state index contributed by atoms with van der Waals surface area (Å²) >= 11 is 0. The molecule has 1 aliphatic rings. The molecule has 0 N–H and O–H groups in total. The van der Waals surface area contributed by atoms with Crippen molar-refractivity contribution in [2.24, 2.45) is 0 Å². The van der Waals surface area contributed by atoms with Crippen molar-refractivity contribution in [3.05, 3.63) is 78.9 Å². The van der Waals surface area contributed by atoms with Gasteiger partial charge in [-0.15, -0.1) is 0 Å². The van der Waals surface area contributed by atoms with Crippen molar-refractivity contribution in [1.29, 1.82) is 0 Å². The highest BCUT2D eigenvalue weighted by molar-refractivity contribution is 5.84. The van der Waals surface area contributed by atoms with Gasteiger partial charge < -0.3 is 4.74 Å². The van der Waals surface area contributed by atoms with Gasteiger partial charge in [-0.25, -0.2) is 4.98 Å². The Labute approximate surface area is 207 Å². The lowest BCUT2D eigenvalue weighted by Crippen LogP contribution is -2.34. The number of carbonyl (C=O) groups is 1. The van der Waals surface area contributed by atoms with Crippen molar-refractivity contribution in [1.82, 2.24) is 14.5 Å². The number of piperidine rings is 1. The molecule has 1 fully saturated rings. The summed E-state index contributed by atoms with van der Waals surface area (Å²) in [5.41, 5.74) is 4.09. The minimum absolute atomic E-state index is 0.355. The third kappa shape index (κ3) is 5.80. The molecule has 0 atom stereocenters. The molecule has 0 amide bonds. The first-order valence-electron chi connectivity index (χ1n) is 12.8. The SMILES string of the molecule is O=C(CCCCOc1ccc2nc(-c3ccccc3)n(-c3ccccc3)c2c1)CN1CCCCC1. The van der Waals surface area contributed by atoms with Crippen LogP contribution < -0.4 is 4.74 Å². The van der Waals surface area contributed by atoms with Crippen LogP contribution in [0.4, 0.5) is 0 Å². The molecule has 1 aromatic heterocycles. The normalized spacial score (nSPS) is 14.3. The third-order valence-corrected chi connectivity index (χ3v) is 6.64. The van der Waals surface area contributed by atoms with Gasteiger partial charge in [0.05, 0.1) is 24.2 Å². The molecule has 5 rings (SSSR count). The molecular weight excluding hydrogens is 434 g/mol. The molecule has 1 aliphatic heterocycles. The maximum atomic E-state index is 12.3. The fraction of sp³-hybridized carbons (Fsp3) is 0.333. The topological polar surface area (TPSA) is 47.4 Å². The molecule has 35 heavy (non-hydrogen) atoms. The van der Waals surface area contributed by atoms with Crippen molar-refractivity contribution in [2.75, 3.05) is 26.2 Å². The molecular formula is C30H33N3O2. The van der Waals surface area contributed by atoms with Crippen LogP contribution in [0.2, 0.25) is 0 Å². The quantitative estimate of drug-likeness (QED) is 0.257. The highest BCUT2D eigenvalue weighted by Gasteiger charge is 2.16. The number of para-hydroxylation sites is 1. The number of ether oxygens (including phenoxy) is 1. The van der Waals surface area contributed by atoms with E-state index >= 15 is 0 Å². The fourth-order valence-electron chi connectivity index (χ4n) is 4.82. The van der Waals surface area contributed by atoms with E-state index in [0.29, 0.717) is 25.4 Å². The number of imidazole rings is 1. The minimum Gasteiger partial charge on any atom is -0.494 e. The summed E-state index contributed by atoms with van der Waals surface area (Å²) in [6.07, 6.45) is 6.13. The Kier molecular flexibility index (Phi) is 7.54. The predicted octanol–water partition coefficient (Wildman–Crippen LogP) is 6.30. The number of carbonyl (C=O) groups excluding carboxylic acids is 1. The number of hydrogen-bond acceptors (Lipinski definition) is 4. The summed E-state index contributed by atoms with van der Waals surface area (Å²) in [7, 11) is 0. The summed E-state index contributed by atoms with van der Waals surface area (Å²) in [5, 5.41) is 0. The zero-order valence-electron chi connectivity index (χ0n) is 20.2. The van der Waals surface area contributed by atoms with E-state index in [0.717, 1.165) is 59.8 Å². The predicted molar refractivity (Wildman–Crippen MR) is 141 cm³/mol. The first-order valence-corrected chi connectivity index (χ1v) is 12.8. The summed E-state index contributed by atoms with van der Waals surface area (Å²) in [6, 6.07) is 26.7. The van der Waals surface area contributed by atoms with Gasteiger partial charge in [-0.1, -0.05) is 55.0 Å². The van der Waals surface area contributed by atoms with Gasteiger partial charge in [0.25, 0.3) is 0 Å². The van der Waals surface area contributed by atoms with Crippen LogP contribution in [0.1, 0.15) is 38.5 Å². The number of fused-ring (bicyclic) bond motifs is 1. The Morgan fingerprint density at radius 3 is 2.37 bits per heavy atom. The van der Waals surface area contributed by atoms with E-state index in [4.69, 9.17) is 9.72 Å². The molecule has 5 heteroatoms. The maximum absolute atomic E-state index is 12.3. The van der Waals surface area contributed by atoms with E-state index in [2.05, 4.69) is 39.8 Å². The number of Topliss-reactive ketones (excluding diaryl/α,β-unsaturated/α-hetero) is 1. The molecule has 0 aliphatic carbocycles. The molecule has 0 radical (unpaired) electrons. The van der Waals surface area contributed by atoms with Gasteiger partial charge in [0.15, 0.2) is 0 Å². The summed E-state index contributed by atoms with van der Waals surface area (Å²) in [5.74, 6) is 2.10. The Morgan fingerprint density at radius 1 is 0.857 bits per heavy atom. The average molecular weight is 468 g/mol. The smallest absolute Gasteiger partial charge is 0.146 e. The van der Waals surface area contributed by atoms with E-state index in [9.17, 15) is 4.79 Å². The van der Waals surface area contributed by atoms with E-state index < -0.39 is 0 Å². The molecule has 0 bridgehead atoms. The van der Waals surface area contributed by atoms with Crippen LogP contribution in [0.15, 0.2) is 78.9 Å². The molecule has 1 saturated heterocycles. The second kappa shape index (κ2) is 11.3. The molecule has 4 aromatic rings. The number of benzene rings is 3. The van der Waals surface area contributed by atoms with Gasteiger partial charge in [-0.3, -0.25) is 14.3 Å². The first kappa shape index (κ1) is 23.3. The van der Waals surface area contributed by atoms with E-state index in [1.165, 1.54) is 19.3 Å². The summed E-state index contributed by atoms with van der Waals surface area (Å²) in [6.45, 7) is 3.37. The Hall–Kier alpha value is -3.44. The second-order valence-corrected chi connectivity index (χ2v) is 9.30. The number of rotatable bonds is 10. The molecule has 3 aromatic carbocycles. The second-order valence-electron chi connectivity index (χ2n) is 9.30. The van der Waals surface area contributed by atoms with Gasteiger partial charge in [-0.05, 0) is 63.0 Å². The van der Waals surface area contributed by atoms with Gasteiger partial charge in [0, 0.05) is 23.7 Å². The highest BCUT2D eigenvalue weighted by Crippen LogP contribution is 2.30. The van der Waals surface area contributed by atoms with Crippen LogP contribution in [0.25, 0.3) is 28.1 Å². The van der Waals surface area contributed by atoms with Crippen molar-refractivity contribution < 1.29 is 9.53 Å². The number of nitrogens with zero attached hydrogens (tertiary/aromatic N) is 3. The first-order chi connectivity index (χ1) is 17.3. The molecule has 180 valence electrons. The lowest BCUT2D eigenvalue weighted by Gasteiger charge is -2.25. The minimum atomic E-state index is 0.355. The van der Waals surface area contributed by atoms with Gasteiger partial charge >= 0.3 is 0 Å². The van der Waals surface area contributed by atoms with Gasteiger partial charge in [-0.2, -0.15) is 0 Å². The Balaban J connectivity index is 1.25. The molecule has 0 unspecified atom stereocenters. The van der Waals surface area contributed by atoms with Crippen LogP contribution in [0, 0.1) is 0 Å². The van der Waals surface area contributed by atoms with E-state index in [-0.39, 0.29) is 0 Å². The van der Waals surface area contributed by atoms with E-state index in [1.54, 1.807) is 0 Å². The molecule has 5 nitrogen and oxygen atoms in total. The lowest BCUT2D eigenvalue weighted by molar-refractivity contribution is -0.120. The number of unbranched alkanes of at least 4 members (excludes halogenated alkanes) is 1. The number of aromatic nitrogens is 2. The monoisotopic (exact) mass is 467 g/mol. The summed E-state index contributed by atoms with van der Waals surface area (Å²) < 4.78 is 8.28. The largest absolute Gasteiger partial charge is 0.494 e. The van der Waals surface area contributed by atoms with Crippen molar-refractivity contribution in [3.8, 4) is 22.8 Å². The van der Waals surface area contributed by atoms with Crippen molar-refractivity contribution in [2.45, 2.75) is 38.5 Å². The van der Waals surface area contributed by atoms with Crippen LogP contribution in [-0.2, 0) is 4.79 Å². The lowest BCUT2D eigenvalue weighted by atomic mass is 10.1. The van der Waals surface area contributed by atoms with E-state index in [1.807, 2.05) is 48.5 Å². The van der Waals surface area contributed by atoms with Crippen molar-refractivity contribution in [3.63, 3.8) is 0 Å². The average Bonchev–Trinajstić information content (AvgIpc) is 3.29. The Bertz CT molecular complexity index is 1240. The number of hydrogen-bond donors (Lipinski definition) is 0. The zero-order chi connectivity index (χ0) is 23.9. The van der Waals surface area contributed by atoms with Crippen LogP contribution in [0.3, 0.4) is 0 Å². The molecule has 0 saturated carbocycles. The maximum Gasteiger partial charge on any atom is 0.146 e.